The van der Waals surface area contributed by atoms with Crippen LogP contribution in [0.2, 0.25) is 0 Å². The van der Waals surface area contributed by atoms with Gasteiger partial charge in [-0.1, -0.05) is 158 Å². The fourth-order valence-corrected chi connectivity index (χ4v) is 6.41. The van der Waals surface area contributed by atoms with E-state index in [9.17, 15) is 19.0 Å². The number of ether oxygens (including phenoxy) is 2. The summed E-state index contributed by atoms with van der Waals surface area (Å²) in [6.45, 7) is 4.24. The molecule has 1 N–H and O–H groups in total. The number of unbranched alkanes of at least 4 members (excludes halogenated alkanes) is 18. The van der Waals surface area contributed by atoms with E-state index in [1.807, 2.05) is 51.5 Å². The molecule has 0 fully saturated rings. The molecule has 324 valence electrons. The highest BCUT2D eigenvalue weighted by atomic mass is 31.2. The number of likely N-dealkylation sites (N-methyl/N-ethyl adjacent to an activating group) is 1. The van der Waals surface area contributed by atoms with Gasteiger partial charge in [-0.05, 0) is 57.8 Å². The topological polar surface area (TPSA) is 108 Å². The lowest BCUT2D eigenvalue weighted by Crippen LogP contribution is -2.37. The molecule has 0 aliphatic carbocycles. The molecule has 0 aliphatic rings. The van der Waals surface area contributed by atoms with Crippen LogP contribution < -0.4 is 0 Å². The average molecular weight is 809 g/mol. The van der Waals surface area contributed by atoms with Gasteiger partial charge in [0.15, 0.2) is 6.10 Å². The zero-order chi connectivity index (χ0) is 41.4. The van der Waals surface area contributed by atoms with E-state index in [1.165, 1.54) is 64.2 Å². The normalized spacial score (nSPS) is 14.2. The predicted molar refractivity (Wildman–Crippen MR) is 233 cm³/mol. The van der Waals surface area contributed by atoms with Gasteiger partial charge in [0, 0.05) is 12.8 Å². The molecule has 0 saturated carbocycles. The molecular formula is C46H83NO8P+. The SMILES string of the molecule is CC/C=C/C=C/C=C/C=C/CCCCCCCC(=O)O[C@H](COC(=O)CCCCCCCCC/C=C/CCCCCCCC)COP(=O)(O)OCC[N+](C)(C)C. The Morgan fingerprint density at radius 3 is 1.57 bits per heavy atom. The summed E-state index contributed by atoms with van der Waals surface area (Å²) in [4.78, 5) is 35.4. The number of hydrogen-bond donors (Lipinski definition) is 1. The van der Waals surface area contributed by atoms with Crippen LogP contribution in [0.25, 0.3) is 0 Å². The highest BCUT2D eigenvalue weighted by molar-refractivity contribution is 7.47. The van der Waals surface area contributed by atoms with Crippen molar-refractivity contribution in [1.82, 2.24) is 0 Å². The van der Waals surface area contributed by atoms with Crippen molar-refractivity contribution < 1.29 is 42.1 Å². The number of phosphoric ester groups is 1. The van der Waals surface area contributed by atoms with Gasteiger partial charge in [-0.15, -0.1) is 0 Å². The van der Waals surface area contributed by atoms with Gasteiger partial charge < -0.3 is 18.9 Å². The summed E-state index contributed by atoms with van der Waals surface area (Å²) in [6.07, 6.45) is 45.5. The van der Waals surface area contributed by atoms with Gasteiger partial charge in [0.05, 0.1) is 27.7 Å². The second-order valence-corrected chi connectivity index (χ2v) is 17.2. The molecule has 56 heavy (non-hydrogen) atoms. The smallest absolute Gasteiger partial charge is 0.462 e. The molecule has 1 unspecified atom stereocenters. The Labute approximate surface area is 343 Å². The van der Waals surface area contributed by atoms with Crippen molar-refractivity contribution in [3.63, 3.8) is 0 Å². The molecule has 0 aliphatic heterocycles. The molecule has 0 aromatic heterocycles. The zero-order valence-corrected chi connectivity index (χ0v) is 37.2. The Balaban J connectivity index is 4.40. The zero-order valence-electron chi connectivity index (χ0n) is 36.3. The molecule has 0 bridgehead atoms. The predicted octanol–water partition coefficient (Wildman–Crippen LogP) is 12.5. The van der Waals surface area contributed by atoms with Gasteiger partial charge in [0.1, 0.15) is 19.8 Å². The summed E-state index contributed by atoms with van der Waals surface area (Å²) in [5.41, 5.74) is 0. The molecule has 0 amide bonds. The minimum Gasteiger partial charge on any atom is -0.462 e. The van der Waals surface area contributed by atoms with E-state index in [0.717, 1.165) is 70.6 Å². The number of nitrogens with zero attached hydrogens (tertiary/aromatic N) is 1. The summed E-state index contributed by atoms with van der Waals surface area (Å²) in [7, 11) is 1.45. The molecule has 0 saturated heterocycles. The van der Waals surface area contributed by atoms with E-state index in [-0.39, 0.29) is 32.0 Å². The Hall–Kier alpha value is -2.29. The Morgan fingerprint density at radius 2 is 1.04 bits per heavy atom. The average Bonchev–Trinajstić information content (AvgIpc) is 3.15. The third-order valence-corrected chi connectivity index (χ3v) is 10.1. The first-order valence-corrected chi connectivity index (χ1v) is 23.6. The van der Waals surface area contributed by atoms with Crippen LogP contribution in [0.1, 0.15) is 168 Å². The van der Waals surface area contributed by atoms with Gasteiger partial charge in [-0.3, -0.25) is 18.6 Å². The van der Waals surface area contributed by atoms with Crippen LogP contribution in [-0.4, -0.2) is 74.9 Å². The third kappa shape index (κ3) is 41.3. The van der Waals surface area contributed by atoms with Crippen LogP contribution in [0.3, 0.4) is 0 Å². The standard InChI is InChI=1S/C46H82NO8P/c1-6-8-10-12-14-16-18-20-22-23-25-26-28-30-32-34-36-38-45(48)52-42-44(43-54-56(50,51)53-41-40-47(3,4)5)55-46(49)39-37-35-33-31-29-27-24-21-19-17-15-13-11-9-7-2/h9,11,13,15,17,19-22,24,44H,6-8,10,12,14,16,18,23,25-43H2,1-5H3/p+1/b11-9+,15-13+,19-17+,22-20+,24-21+/t44-/m1/s1. The molecule has 0 radical (unpaired) electrons. The van der Waals surface area contributed by atoms with Crippen LogP contribution in [-0.2, 0) is 32.7 Å². The molecule has 9 nitrogen and oxygen atoms in total. The number of carbonyl (C=O) groups excluding carboxylic acids is 2. The second kappa shape index (κ2) is 38.2. The minimum atomic E-state index is -4.38. The van der Waals surface area contributed by atoms with Crippen LogP contribution in [0, 0.1) is 0 Å². The number of rotatable bonds is 39. The van der Waals surface area contributed by atoms with Crippen molar-refractivity contribution in [2.45, 2.75) is 174 Å². The van der Waals surface area contributed by atoms with E-state index in [2.05, 4.69) is 44.2 Å². The summed E-state index contributed by atoms with van der Waals surface area (Å²) in [5, 5.41) is 0. The van der Waals surface area contributed by atoms with Crippen LogP contribution in [0.4, 0.5) is 0 Å². The van der Waals surface area contributed by atoms with Crippen molar-refractivity contribution in [2.24, 2.45) is 0 Å². The molecular weight excluding hydrogens is 725 g/mol. The Morgan fingerprint density at radius 1 is 0.571 bits per heavy atom. The molecule has 0 aromatic rings. The lowest BCUT2D eigenvalue weighted by molar-refractivity contribution is -0.870. The summed E-state index contributed by atoms with van der Waals surface area (Å²) in [6, 6.07) is 0. The number of allylic oxidation sites excluding steroid dienone is 10. The maximum Gasteiger partial charge on any atom is 0.472 e. The van der Waals surface area contributed by atoms with E-state index < -0.39 is 26.5 Å². The highest BCUT2D eigenvalue weighted by Gasteiger charge is 2.27. The van der Waals surface area contributed by atoms with E-state index >= 15 is 0 Å². The summed E-state index contributed by atoms with van der Waals surface area (Å²) < 4.78 is 34.3. The van der Waals surface area contributed by atoms with Gasteiger partial charge in [0.2, 0.25) is 0 Å². The molecule has 10 heteroatoms. The van der Waals surface area contributed by atoms with Gasteiger partial charge in [0.25, 0.3) is 0 Å². The van der Waals surface area contributed by atoms with Crippen LogP contribution >= 0.6 is 7.82 Å². The molecule has 0 heterocycles. The van der Waals surface area contributed by atoms with Gasteiger partial charge in [-0.25, -0.2) is 4.57 Å². The molecule has 0 spiro atoms. The number of hydrogen-bond acceptors (Lipinski definition) is 7. The minimum absolute atomic E-state index is 0.0234. The quantitative estimate of drug-likeness (QED) is 0.0163. The lowest BCUT2D eigenvalue weighted by atomic mass is 10.1. The second-order valence-electron chi connectivity index (χ2n) is 15.8. The summed E-state index contributed by atoms with van der Waals surface area (Å²) >= 11 is 0. The fourth-order valence-electron chi connectivity index (χ4n) is 5.67. The first kappa shape index (κ1) is 53.7. The van der Waals surface area contributed by atoms with E-state index in [4.69, 9.17) is 18.5 Å². The lowest BCUT2D eigenvalue weighted by Gasteiger charge is -2.24. The molecule has 0 rings (SSSR count). The van der Waals surface area contributed by atoms with Crippen molar-refractivity contribution in [3.05, 3.63) is 60.8 Å². The van der Waals surface area contributed by atoms with E-state index in [1.54, 1.807) is 0 Å². The monoisotopic (exact) mass is 809 g/mol. The maximum absolute atomic E-state index is 12.7. The number of phosphoric acid groups is 1. The number of esters is 2. The number of carbonyl (C=O) groups is 2. The number of quaternary nitrogens is 1. The first-order chi connectivity index (χ1) is 27.0. The largest absolute Gasteiger partial charge is 0.472 e. The third-order valence-electron chi connectivity index (χ3n) is 9.13. The highest BCUT2D eigenvalue weighted by Crippen LogP contribution is 2.43. The maximum atomic E-state index is 12.7. The van der Waals surface area contributed by atoms with Crippen molar-refractivity contribution in [1.29, 1.82) is 0 Å². The fraction of sp³-hybridized carbons (Fsp3) is 0.739. The van der Waals surface area contributed by atoms with Crippen LogP contribution in [0.5, 0.6) is 0 Å². The van der Waals surface area contributed by atoms with E-state index in [0.29, 0.717) is 17.4 Å². The Bertz CT molecular complexity index is 1140. The first-order valence-electron chi connectivity index (χ1n) is 22.1. The molecule has 2 atom stereocenters. The van der Waals surface area contributed by atoms with Crippen molar-refractivity contribution in [2.75, 3.05) is 47.5 Å². The Kier molecular flexibility index (Phi) is 36.7. The van der Waals surface area contributed by atoms with Gasteiger partial charge in [-0.2, -0.15) is 0 Å². The van der Waals surface area contributed by atoms with Crippen molar-refractivity contribution in [3.8, 4) is 0 Å². The van der Waals surface area contributed by atoms with Gasteiger partial charge >= 0.3 is 19.8 Å². The van der Waals surface area contributed by atoms with Crippen molar-refractivity contribution >= 4 is 19.8 Å². The van der Waals surface area contributed by atoms with Crippen LogP contribution in [0.15, 0.2) is 60.8 Å². The molecule has 0 aromatic carbocycles. The summed E-state index contributed by atoms with van der Waals surface area (Å²) in [5.74, 6) is -0.834.